The molecule has 0 radical (unpaired) electrons. The van der Waals surface area contributed by atoms with Gasteiger partial charge in [0.25, 0.3) is 6.09 Å². The summed E-state index contributed by atoms with van der Waals surface area (Å²) in [6.07, 6.45) is -0.566. The molecular weight excluding hydrogens is 281 g/mol. The third-order valence-electron chi connectivity index (χ3n) is 3.99. The van der Waals surface area contributed by atoms with E-state index in [1.54, 1.807) is 4.57 Å². The number of aliphatic hydroxyl groups excluding tert-OH is 1. The summed E-state index contributed by atoms with van der Waals surface area (Å²) in [7, 11) is 0. The Balaban J connectivity index is 1.95. The number of fused-ring (bicyclic) bond motifs is 1. The van der Waals surface area contributed by atoms with Gasteiger partial charge in [-0.15, -0.1) is 0 Å². The Kier molecular flexibility index (Phi) is 3.47. The molecule has 0 saturated carbocycles. The number of nitrogens with one attached hydrogen (secondary N) is 1. The molecule has 2 aliphatic rings. The van der Waals surface area contributed by atoms with Gasteiger partial charge in [0, 0.05) is 5.92 Å². The summed E-state index contributed by atoms with van der Waals surface area (Å²) in [4.78, 5) is 18.8. The highest BCUT2D eigenvalue weighted by molar-refractivity contribution is 5.89. The molecule has 21 heavy (non-hydrogen) atoms. The summed E-state index contributed by atoms with van der Waals surface area (Å²) in [5.41, 5.74) is 6.11. The normalized spacial score (nSPS) is 35.0. The van der Waals surface area contributed by atoms with Crippen LogP contribution in [0.3, 0.4) is 0 Å². The Hall–Kier alpha value is -1.84. The van der Waals surface area contributed by atoms with Gasteiger partial charge in [0.05, 0.1) is 25.0 Å². The molecule has 9 heteroatoms. The first-order valence-electron chi connectivity index (χ1n) is 6.61. The van der Waals surface area contributed by atoms with Crippen LogP contribution in [-0.2, 0) is 9.53 Å². The number of aliphatic imine (C=N–C) groups is 1. The van der Waals surface area contributed by atoms with Crippen molar-refractivity contribution in [3.8, 4) is 0 Å². The van der Waals surface area contributed by atoms with E-state index in [0.29, 0.717) is 11.5 Å². The van der Waals surface area contributed by atoms with Crippen molar-refractivity contribution in [2.24, 2.45) is 22.6 Å². The van der Waals surface area contributed by atoms with Crippen molar-refractivity contribution < 1.29 is 19.0 Å². The Morgan fingerprint density at radius 2 is 2.43 bits per heavy atom. The highest BCUT2D eigenvalue weighted by Gasteiger charge is 2.43. The molecule has 0 amide bonds. The van der Waals surface area contributed by atoms with Crippen molar-refractivity contribution in [2.45, 2.75) is 25.4 Å². The summed E-state index contributed by atoms with van der Waals surface area (Å²) in [6.45, 7) is 1.57. The average molecular weight is 297 g/mol. The quantitative estimate of drug-likeness (QED) is 0.531. The van der Waals surface area contributed by atoms with Gasteiger partial charge in [-0.1, -0.05) is 6.92 Å². The smallest absolute Gasteiger partial charge is 0.285 e. The zero-order valence-electron chi connectivity index (χ0n) is 11.3. The van der Waals surface area contributed by atoms with Crippen LogP contribution in [-0.4, -0.2) is 39.7 Å². The molecule has 3 rings (SSSR count). The van der Waals surface area contributed by atoms with Crippen molar-refractivity contribution >= 4 is 18.2 Å². The second-order valence-corrected chi connectivity index (χ2v) is 5.20. The number of carbonyl (C=O) groups excluding carboxylic acids is 1. The summed E-state index contributed by atoms with van der Waals surface area (Å²) in [5.74, 6) is -0.276. The van der Waals surface area contributed by atoms with Crippen LogP contribution >= 0.6 is 0 Å². The molecule has 4 N–H and O–H groups in total. The lowest BCUT2D eigenvalue weighted by atomic mass is 9.92. The zero-order chi connectivity index (χ0) is 15.1. The van der Waals surface area contributed by atoms with E-state index in [0.717, 1.165) is 6.29 Å². The van der Waals surface area contributed by atoms with Crippen LogP contribution < -0.4 is 11.1 Å². The molecule has 8 nitrogen and oxygen atoms in total. The molecule has 0 aromatic carbocycles. The standard InChI is InChI=1S/C12H16FN5O3/c1-5-6(2-19)7(3-20)21-11(5)18-4-15-8-9(14)16-12(13)17-10(8)18/h2,4-7,9,11,20H,3,14H2,1H3,(H,16,17)/t5-,6+,7-,9?,11-/m1/s1. The number of hydrogen-bond acceptors (Lipinski definition) is 7. The Bertz CT molecular complexity index is 589. The van der Waals surface area contributed by atoms with E-state index in [-0.39, 0.29) is 12.5 Å². The van der Waals surface area contributed by atoms with Gasteiger partial charge in [0.15, 0.2) is 0 Å². The van der Waals surface area contributed by atoms with E-state index in [1.807, 2.05) is 6.92 Å². The number of ether oxygens (including phenoxy) is 1. The first-order valence-corrected chi connectivity index (χ1v) is 6.61. The van der Waals surface area contributed by atoms with E-state index >= 15 is 0 Å². The van der Waals surface area contributed by atoms with Gasteiger partial charge in [-0.2, -0.15) is 4.39 Å². The third kappa shape index (κ3) is 2.13. The maximum Gasteiger partial charge on any atom is 0.285 e. The van der Waals surface area contributed by atoms with Crippen molar-refractivity contribution in [1.82, 2.24) is 9.55 Å². The van der Waals surface area contributed by atoms with Crippen LogP contribution in [0.5, 0.6) is 0 Å². The number of imidazole rings is 1. The largest absolute Gasteiger partial charge is 0.394 e. The summed E-state index contributed by atoms with van der Waals surface area (Å²) < 4.78 is 20.7. The summed E-state index contributed by atoms with van der Waals surface area (Å²) in [6, 6.07) is 0. The topological polar surface area (TPSA) is 115 Å². The minimum absolute atomic E-state index is 0.196. The van der Waals surface area contributed by atoms with Gasteiger partial charge in [0.2, 0.25) is 0 Å². The van der Waals surface area contributed by atoms with E-state index in [4.69, 9.17) is 10.5 Å². The fourth-order valence-corrected chi connectivity index (χ4v) is 2.84. The fraction of sp³-hybridized carbons (Fsp3) is 0.583. The van der Waals surface area contributed by atoms with Gasteiger partial charge < -0.3 is 25.7 Å². The van der Waals surface area contributed by atoms with E-state index in [2.05, 4.69) is 15.3 Å². The number of hydrogen-bond donors (Lipinski definition) is 3. The number of nitrogens with two attached hydrogens (primary N) is 1. The lowest BCUT2D eigenvalue weighted by Crippen LogP contribution is -2.25. The van der Waals surface area contributed by atoms with E-state index in [1.165, 1.54) is 6.33 Å². The van der Waals surface area contributed by atoms with E-state index < -0.39 is 30.5 Å². The monoisotopic (exact) mass is 297 g/mol. The highest BCUT2D eigenvalue weighted by atomic mass is 19.1. The molecule has 114 valence electrons. The predicted octanol–water partition coefficient (Wildman–Crippen LogP) is -0.0677. The number of aldehydes is 1. The molecule has 5 atom stereocenters. The molecule has 2 aliphatic heterocycles. The number of anilines is 1. The molecule has 1 saturated heterocycles. The number of carbonyl (C=O) groups is 1. The minimum atomic E-state index is -0.880. The second kappa shape index (κ2) is 5.17. The molecule has 0 bridgehead atoms. The van der Waals surface area contributed by atoms with Crippen molar-refractivity contribution in [3.63, 3.8) is 0 Å². The maximum atomic E-state index is 13.4. The van der Waals surface area contributed by atoms with Crippen molar-refractivity contribution in [1.29, 1.82) is 0 Å². The minimum Gasteiger partial charge on any atom is -0.394 e. The van der Waals surface area contributed by atoms with Gasteiger partial charge >= 0.3 is 0 Å². The van der Waals surface area contributed by atoms with Crippen molar-refractivity contribution in [3.05, 3.63) is 12.0 Å². The van der Waals surface area contributed by atoms with Crippen LogP contribution in [0.4, 0.5) is 10.2 Å². The molecule has 1 aromatic rings. The molecule has 1 aromatic heterocycles. The van der Waals surface area contributed by atoms with Crippen LogP contribution in [0.1, 0.15) is 25.0 Å². The third-order valence-corrected chi connectivity index (χ3v) is 3.99. The number of aromatic nitrogens is 2. The van der Waals surface area contributed by atoms with Gasteiger partial charge in [-0.3, -0.25) is 4.57 Å². The summed E-state index contributed by atoms with van der Waals surface area (Å²) in [5, 5.41) is 11.8. The van der Waals surface area contributed by atoms with Crippen molar-refractivity contribution in [2.75, 3.05) is 11.9 Å². The van der Waals surface area contributed by atoms with Gasteiger partial charge in [-0.25, -0.2) is 9.98 Å². The van der Waals surface area contributed by atoms with E-state index in [9.17, 15) is 14.3 Å². The Labute approximate surface area is 119 Å². The Morgan fingerprint density at radius 1 is 1.67 bits per heavy atom. The second-order valence-electron chi connectivity index (χ2n) is 5.20. The lowest BCUT2D eigenvalue weighted by Gasteiger charge is -2.22. The highest BCUT2D eigenvalue weighted by Crippen LogP contribution is 2.41. The number of aliphatic hydroxyl groups is 1. The SMILES string of the molecule is C[C@@H]1[C@H](C=O)[C@@H](CO)O[C@H]1n1cnc2c1NC(F)=NC2N. The molecule has 3 heterocycles. The average Bonchev–Trinajstić information content (AvgIpc) is 2.99. The van der Waals surface area contributed by atoms with Crippen LogP contribution in [0, 0.1) is 11.8 Å². The summed E-state index contributed by atoms with van der Waals surface area (Å²) >= 11 is 0. The number of nitrogens with zero attached hydrogens (tertiary/aromatic N) is 3. The molecule has 0 aliphatic carbocycles. The number of amidine groups is 1. The molecule has 1 unspecified atom stereocenters. The molecule has 1 fully saturated rings. The van der Waals surface area contributed by atoms with Crippen LogP contribution in [0.15, 0.2) is 11.3 Å². The first-order chi connectivity index (χ1) is 10.1. The van der Waals surface area contributed by atoms with Gasteiger partial charge in [-0.05, 0) is 0 Å². The van der Waals surface area contributed by atoms with Crippen LogP contribution in [0.25, 0.3) is 0 Å². The van der Waals surface area contributed by atoms with Gasteiger partial charge in [0.1, 0.15) is 30.2 Å². The lowest BCUT2D eigenvalue weighted by molar-refractivity contribution is -0.114. The maximum absolute atomic E-state index is 13.4. The predicted molar refractivity (Wildman–Crippen MR) is 71.0 cm³/mol. The number of rotatable bonds is 3. The van der Waals surface area contributed by atoms with Crippen LogP contribution in [0.2, 0.25) is 0 Å². The zero-order valence-corrected chi connectivity index (χ0v) is 11.3. The molecular formula is C12H16FN5O3. The molecule has 0 spiro atoms. The number of halogens is 1. The fourth-order valence-electron chi connectivity index (χ4n) is 2.84. The first kappa shape index (κ1) is 14.1. The Morgan fingerprint density at radius 3 is 3.05 bits per heavy atom.